The molecular formula is C21H25N3O2. The van der Waals surface area contributed by atoms with Gasteiger partial charge in [0.05, 0.1) is 0 Å². The van der Waals surface area contributed by atoms with Crippen LogP contribution in [0.3, 0.4) is 0 Å². The van der Waals surface area contributed by atoms with E-state index >= 15 is 0 Å². The Hall–Kier alpha value is -2.82. The average molecular weight is 351 g/mol. The summed E-state index contributed by atoms with van der Waals surface area (Å²) in [4.78, 5) is 24.9. The number of amides is 1. The van der Waals surface area contributed by atoms with Gasteiger partial charge in [0.25, 0.3) is 0 Å². The van der Waals surface area contributed by atoms with Gasteiger partial charge < -0.3 is 16.8 Å². The normalized spacial score (nSPS) is 19.7. The fourth-order valence-electron chi connectivity index (χ4n) is 3.47. The molecule has 2 aromatic carbocycles. The standard InChI is InChI=1S/C21H25N3O2/c22-17-7-1-14(2-8-17)13-20(25)15-3-5-16(6-4-15)21(26)24-19-11-9-18(23)10-12-19/h1-2,7-12,15-16H,3-6,13,22-23H2,(H,24,26). The second-order valence-corrected chi connectivity index (χ2v) is 7.04. The zero-order valence-corrected chi connectivity index (χ0v) is 14.8. The Labute approximate surface area is 153 Å². The number of ketones is 1. The van der Waals surface area contributed by atoms with Gasteiger partial charge in [0.1, 0.15) is 5.78 Å². The molecule has 26 heavy (non-hydrogen) atoms. The van der Waals surface area contributed by atoms with Crippen molar-refractivity contribution in [3.05, 3.63) is 54.1 Å². The van der Waals surface area contributed by atoms with Crippen LogP contribution in [0.4, 0.5) is 17.1 Å². The minimum absolute atomic E-state index is 0.0270. The summed E-state index contributed by atoms with van der Waals surface area (Å²) in [5.74, 6) is 0.299. The van der Waals surface area contributed by atoms with E-state index in [9.17, 15) is 9.59 Å². The molecule has 1 aliphatic rings. The zero-order chi connectivity index (χ0) is 18.5. The number of Topliss-reactive ketones (excluding diaryl/α,β-unsaturated/α-hetero) is 1. The monoisotopic (exact) mass is 351 g/mol. The highest BCUT2D eigenvalue weighted by Gasteiger charge is 2.29. The van der Waals surface area contributed by atoms with E-state index in [0.717, 1.165) is 36.9 Å². The van der Waals surface area contributed by atoms with Gasteiger partial charge in [-0.15, -0.1) is 0 Å². The van der Waals surface area contributed by atoms with Gasteiger partial charge in [0, 0.05) is 35.3 Å². The van der Waals surface area contributed by atoms with Crippen LogP contribution in [-0.2, 0) is 16.0 Å². The molecule has 0 bridgehead atoms. The van der Waals surface area contributed by atoms with E-state index in [0.29, 0.717) is 17.8 Å². The number of nitrogens with two attached hydrogens (primary N) is 2. The van der Waals surface area contributed by atoms with E-state index in [1.54, 1.807) is 24.3 Å². The predicted molar refractivity (Wildman–Crippen MR) is 104 cm³/mol. The molecule has 0 aliphatic heterocycles. The molecule has 1 saturated carbocycles. The fraction of sp³-hybridized carbons (Fsp3) is 0.333. The molecule has 0 spiro atoms. The quantitative estimate of drug-likeness (QED) is 0.719. The molecular weight excluding hydrogens is 326 g/mol. The summed E-state index contributed by atoms with van der Waals surface area (Å²) in [6.45, 7) is 0. The molecule has 0 saturated heterocycles. The van der Waals surface area contributed by atoms with Crippen LogP contribution in [-0.4, -0.2) is 11.7 Å². The SMILES string of the molecule is Nc1ccc(CC(=O)C2CCC(C(=O)Nc3ccc(N)cc3)CC2)cc1. The van der Waals surface area contributed by atoms with Crippen LogP contribution >= 0.6 is 0 Å². The van der Waals surface area contributed by atoms with E-state index in [1.165, 1.54) is 0 Å². The Kier molecular flexibility index (Phi) is 5.56. The molecule has 0 aromatic heterocycles. The molecule has 5 heteroatoms. The summed E-state index contributed by atoms with van der Waals surface area (Å²) in [5, 5.41) is 2.94. The number of hydrogen-bond acceptors (Lipinski definition) is 4. The van der Waals surface area contributed by atoms with E-state index in [-0.39, 0.29) is 23.5 Å². The molecule has 0 unspecified atom stereocenters. The highest BCUT2D eigenvalue weighted by Crippen LogP contribution is 2.31. The van der Waals surface area contributed by atoms with Crippen molar-refractivity contribution in [1.29, 1.82) is 0 Å². The summed E-state index contributed by atoms with van der Waals surface area (Å²) >= 11 is 0. The van der Waals surface area contributed by atoms with Crippen molar-refractivity contribution >= 4 is 28.8 Å². The lowest BCUT2D eigenvalue weighted by Crippen LogP contribution is -2.30. The lowest BCUT2D eigenvalue weighted by Gasteiger charge is -2.27. The smallest absolute Gasteiger partial charge is 0.227 e. The molecule has 1 amide bonds. The van der Waals surface area contributed by atoms with Gasteiger partial charge in [0.15, 0.2) is 0 Å². The summed E-state index contributed by atoms with van der Waals surface area (Å²) in [6, 6.07) is 14.6. The van der Waals surface area contributed by atoms with E-state index in [4.69, 9.17) is 11.5 Å². The number of carbonyl (C=O) groups is 2. The topological polar surface area (TPSA) is 98.2 Å². The van der Waals surface area contributed by atoms with Crippen LogP contribution in [0.15, 0.2) is 48.5 Å². The first kappa shape index (κ1) is 18.0. The number of nitrogen functional groups attached to an aromatic ring is 2. The van der Waals surface area contributed by atoms with E-state index in [1.807, 2.05) is 24.3 Å². The first-order valence-corrected chi connectivity index (χ1v) is 9.05. The van der Waals surface area contributed by atoms with E-state index < -0.39 is 0 Å². The molecule has 136 valence electrons. The highest BCUT2D eigenvalue weighted by molar-refractivity contribution is 5.93. The summed E-state index contributed by atoms with van der Waals surface area (Å²) < 4.78 is 0. The number of nitrogens with one attached hydrogen (secondary N) is 1. The van der Waals surface area contributed by atoms with Crippen LogP contribution < -0.4 is 16.8 Å². The average Bonchev–Trinajstić information content (AvgIpc) is 2.65. The van der Waals surface area contributed by atoms with Gasteiger partial charge in [-0.1, -0.05) is 12.1 Å². The third kappa shape index (κ3) is 4.63. The van der Waals surface area contributed by atoms with Gasteiger partial charge in [-0.3, -0.25) is 9.59 Å². The zero-order valence-electron chi connectivity index (χ0n) is 14.8. The Balaban J connectivity index is 1.48. The maximum Gasteiger partial charge on any atom is 0.227 e. The van der Waals surface area contributed by atoms with Crippen molar-refractivity contribution < 1.29 is 9.59 Å². The van der Waals surface area contributed by atoms with Crippen molar-refractivity contribution in [3.63, 3.8) is 0 Å². The second kappa shape index (κ2) is 8.04. The minimum Gasteiger partial charge on any atom is -0.399 e. The summed E-state index contributed by atoms with van der Waals surface area (Å²) in [5.41, 5.74) is 14.5. The summed E-state index contributed by atoms with van der Waals surface area (Å²) in [7, 11) is 0. The maximum absolute atomic E-state index is 12.5. The van der Waals surface area contributed by atoms with Crippen LogP contribution in [0, 0.1) is 11.8 Å². The number of rotatable bonds is 5. The Morgan fingerprint density at radius 3 is 1.88 bits per heavy atom. The number of carbonyl (C=O) groups excluding carboxylic acids is 2. The van der Waals surface area contributed by atoms with Crippen molar-refractivity contribution in [2.24, 2.45) is 11.8 Å². The van der Waals surface area contributed by atoms with Crippen LogP contribution in [0.5, 0.6) is 0 Å². The van der Waals surface area contributed by atoms with Crippen LogP contribution in [0.25, 0.3) is 0 Å². The Morgan fingerprint density at radius 1 is 0.808 bits per heavy atom. The summed E-state index contributed by atoms with van der Waals surface area (Å²) in [6.07, 6.45) is 3.48. The molecule has 0 heterocycles. The minimum atomic E-state index is -0.0341. The Bertz CT molecular complexity index is 693. The van der Waals surface area contributed by atoms with E-state index in [2.05, 4.69) is 5.32 Å². The third-order valence-electron chi connectivity index (χ3n) is 5.09. The van der Waals surface area contributed by atoms with Crippen molar-refractivity contribution in [3.8, 4) is 0 Å². The molecule has 5 nitrogen and oxygen atoms in total. The molecule has 0 radical (unpaired) electrons. The first-order valence-electron chi connectivity index (χ1n) is 9.05. The molecule has 1 fully saturated rings. The third-order valence-corrected chi connectivity index (χ3v) is 5.09. The van der Waals surface area contributed by atoms with Gasteiger partial charge in [-0.25, -0.2) is 0 Å². The van der Waals surface area contributed by atoms with Crippen LogP contribution in [0.2, 0.25) is 0 Å². The Morgan fingerprint density at radius 2 is 1.31 bits per heavy atom. The number of benzene rings is 2. The maximum atomic E-state index is 12.5. The first-order chi connectivity index (χ1) is 12.5. The number of anilines is 3. The lowest BCUT2D eigenvalue weighted by atomic mass is 9.78. The largest absolute Gasteiger partial charge is 0.399 e. The number of hydrogen-bond donors (Lipinski definition) is 3. The van der Waals surface area contributed by atoms with Gasteiger partial charge >= 0.3 is 0 Å². The molecule has 2 aromatic rings. The van der Waals surface area contributed by atoms with Crippen molar-refractivity contribution in [2.75, 3.05) is 16.8 Å². The lowest BCUT2D eigenvalue weighted by molar-refractivity contribution is -0.126. The van der Waals surface area contributed by atoms with Crippen molar-refractivity contribution in [1.82, 2.24) is 0 Å². The van der Waals surface area contributed by atoms with Gasteiger partial charge in [0.2, 0.25) is 5.91 Å². The molecule has 3 rings (SSSR count). The fourth-order valence-corrected chi connectivity index (χ4v) is 3.47. The molecule has 5 N–H and O–H groups in total. The van der Waals surface area contributed by atoms with Gasteiger partial charge in [-0.05, 0) is 67.6 Å². The van der Waals surface area contributed by atoms with Crippen LogP contribution in [0.1, 0.15) is 31.2 Å². The molecule has 1 aliphatic carbocycles. The second-order valence-electron chi connectivity index (χ2n) is 7.04. The van der Waals surface area contributed by atoms with Crippen molar-refractivity contribution in [2.45, 2.75) is 32.1 Å². The van der Waals surface area contributed by atoms with Gasteiger partial charge in [-0.2, -0.15) is 0 Å². The molecule has 0 atom stereocenters. The highest BCUT2D eigenvalue weighted by atomic mass is 16.2. The predicted octanol–water partition coefficient (Wildman–Crippen LogP) is 3.41.